The first-order chi connectivity index (χ1) is 11.9. The molecule has 0 aromatic carbocycles. The third-order valence-corrected chi connectivity index (χ3v) is 5.50. The van der Waals surface area contributed by atoms with Crippen LogP contribution in [0.25, 0.3) is 0 Å². The number of thiazole rings is 1. The molecule has 0 bridgehead atoms. The van der Waals surface area contributed by atoms with E-state index in [4.69, 9.17) is 0 Å². The van der Waals surface area contributed by atoms with Crippen LogP contribution in [0.4, 0.5) is 0 Å². The number of aromatic nitrogens is 1. The van der Waals surface area contributed by atoms with Gasteiger partial charge in [-0.3, -0.25) is 14.7 Å². The van der Waals surface area contributed by atoms with Gasteiger partial charge < -0.3 is 15.1 Å². The number of hydrogen-bond donors (Lipinski definition) is 1. The first kappa shape index (κ1) is 19.7. The predicted molar refractivity (Wildman–Crippen MR) is 103 cm³/mol. The van der Waals surface area contributed by atoms with E-state index < -0.39 is 0 Å². The van der Waals surface area contributed by atoms with Crippen molar-refractivity contribution in [2.45, 2.75) is 26.8 Å². The number of rotatable bonds is 5. The van der Waals surface area contributed by atoms with Gasteiger partial charge in [0.2, 0.25) is 5.91 Å². The Labute approximate surface area is 154 Å². The summed E-state index contributed by atoms with van der Waals surface area (Å²) in [5, 5.41) is 4.56. The van der Waals surface area contributed by atoms with Crippen molar-refractivity contribution in [3.8, 4) is 0 Å². The Kier molecular flexibility index (Phi) is 7.19. The SMILES string of the molecule is CN=C(NCc1sc(C)nc1C)N1CCN(CCC(=O)N(C)C)CC1. The van der Waals surface area contributed by atoms with Gasteiger partial charge >= 0.3 is 0 Å². The summed E-state index contributed by atoms with van der Waals surface area (Å²) >= 11 is 1.73. The second-order valence-corrected chi connectivity index (χ2v) is 7.80. The molecule has 140 valence electrons. The molecule has 1 aliphatic heterocycles. The Balaban J connectivity index is 1.78. The predicted octanol–water partition coefficient (Wildman–Crippen LogP) is 0.931. The molecule has 1 aromatic heterocycles. The molecule has 1 aromatic rings. The standard InChI is InChI=1S/C17H30N6OS/c1-13-15(25-14(2)20-13)12-19-17(18-3)23-10-8-22(9-11-23)7-6-16(24)21(4)5/h6-12H2,1-5H3,(H,18,19). The van der Waals surface area contributed by atoms with Crippen molar-refractivity contribution in [1.29, 1.82) is 0 Å². The molecule has 8 heteroatoms. The Hall–Kier alpha value is -1.67. The van der Waals surface area contributed by atoms with Crippen LogP contribution in [0.2, 0.25) is 0 Å². The van der Waals surface area contributed by atoms with Gasteiger partial charge in [0.05, 0.1) is 17.2 Å². The van der Waals surface area contributed by atoms with Crippen molar-refractivity contribution < 1.29 is 4.79 Å². The molecule has 1 N–H and O–H groups in total. The van der Waals surface area contributed by atoms with E-state index in [1.54, 1.807) is 16.2 Å². The van der Waals surface area contributed by atoms with Crippen LogP contribution in [-0.2, 0) is 11.3 Å². The summed E-state index contributed by atoms with van der Waals surface area (Å²) in [4.78, 5) is 28.2. The minimum atomic E-state index is 0.190. The van der Waals surface area contributed by atoms with Gasteiger partial charge in [0.1, 0.15) is 0 Å². The first-order valence-corrected chi connectivity index (χ1v) is 9.53. The lowest BCUT2D eigenvalue weighted by molar-refractivity contribution is -0.129. The summed E-state index contributed by atoms with van der Waals surface area (Å²) in [5.74, 6) is 1.13. The monoisotopic (exact) mass is 366 g/mol. The minimum Gasteiger partial charge on any atom is -0.351 e. The van der Waals surface area contributed by atoms with Gasteiger partial charge in [0.15, 0.2) is 5.96 Å². The second-order valence-electron chi connectivity index (χ2n) is 6.51. The smallest absolute Gasteiger partial charge is 0.223 e. The van der Waals surface area contributed by atoms with Gasteiger partial charge in [-0.15, -0.1) is 11.3 Å². The summed E-state index contributed by atoms with van der Waals surface area (Å²) in [6, 6.07) is 0. The minimum absolute atomic E-state index is 0.190. The van der Waals surface area contributed by atoms with E-state index in [2.05, 4.69) is 32.0 Å². The maximum Gasteiger partial charge on any atom is 0.223 e. The van der Waals surface area contributed by atoms with E-state index in [9.17, 15) is 4.79 Å². The Bertz CT molecular complexity index is 604. The normalized spacial score (nSPS) is 16.2. The van der Waals surface area contributed by atoms with Crippen molar-refractivity contribution in [3.05, 3.63) is 15.6 Å². The van der Waals surface area contributed by atoms with Crippen molar-refractivity contribution in [2.24, 2.45) is 4.99 Å². The van der Waals surface area contributed by atoms with Crippen molar-refractivity contribution >= 4 is 23.2 Å². The Morgan fingerprint density at radius 1 is 1.28 bits per heavy atom. The molecule has 1 aliphatic rings. The molecule has 25 heavy (non-hydrogen) atoms. The lowest BCUT2D eigenvalue weighted by Crippen LogP contribution is -2.52. The van der Waals surface area contributed by atoms with Gasteiger partial charge in [0, 0.05) is 65.2 Å². The van der Waals surface area contributed by atoms with Crippen molar-refractivity contribution in [3.63, 3.8) is 0 Å². The topological polar surface area (TPSA) is 64.1 Å². The highest BCUT2D eigenvalue weighted by Crippen LogP contribution is 2.16. The second kappa shape index (κ2) is 9.15. The molecule has 2 rings (SSSR count). The van der Waals surface area contributed by atoms with E-state index in [1.165, 1.54) is 4.88 Å². The third kappa shape index (κ3) is 5.67. The molecule has 0 unspecified atom stereocenters. The lowest BCUT2D eigenvalue weighted by Gasteiger charge is -2.36. The quantitative estimate of drug-likeness (QED) is 0.620. The lowest BCUT2D eigenvalue weighted by atomic mass is 10.3. The van der Waals surface area contributed by atoms with Crippen LogP contribution < -0.4 is 5.32 Å². The number of nitrogens with one attached hydrogen (secondary N) is 1. The van der Waals surface area contributed by atoms with Gasteiger partial charge in [-0.05, 0) is 13.8 Å². The first-order valence-electron chi connectivity index (χ1n) is 8.71. The third-order valence-electron chi connectivity index (χ3n) is 4.43. The zero-order valence-electron chi connectivity index (χ0n) is 16.0. The summed E-state index contributed by atoms with van der Waals surface area (Å²) in [6.45, 7) is 9.46. The number of piperazine rings is 1. The summed E-state index contributed by atoms with van der Waals surface area (Å²) < 4.78 is 0. The molecule has 0 atom stereocenters. The largest absolute Gasteiger partial charge is 0.351 e. The van der Waals surface area contributed by atoms with Crippen LogP contribution in [-0.4, -0.2) is 85.4 Å². The maximum absolute atomic E-state index is 11.7. The fraction of sp³-hybridized carbons (Fsp3) is 0.706. The number of carbonyl (C=O) groups is 1. The highest BCUT2D eigenvalue weighted by Gasteiger charge is 2.20. The Morgan fingerprint density at radius 2 is 1.96 bits per heavy atom. The highest BCUT2D eigenvalue weighted by atomic mass is 32.1. The fourth-order valence-corrected chi connectivity index (χ4v) is 3.77. The molecule has 7 nitrogen and oxygen atoms in total. The molecule has 0 saturated carbocycles. The summed E-state index contributed by atoms with van der Waals surface area (Å²) in [5.41, 5.74) is 1.10. The van der Waals surface area contributed by atoms with E-state index in [0.29, 0.717) is 6.42 Å². The summed E-state index contributed by atoms with van der Waals surface area (Å²) in [6.07, 6.45) is 0.587. The fourth-order valence-electron chi connectivity index (χ4n) is 2.89. The van der Waals surface area contributed by atoms with E-state index in [0.717, 1.165) is 55.9 Å². The number of nitrogens with zero attached hydrogens (tertiary/aromatic N) is 5. The molecule has 0 radical (unpaired) electrons. The molecule has 1 amide bonds. The molecule has 1 fully saturated rings. The van der Waals surface area contributed by atoms with Gasteiger partial charge in [-0.25, -0.2) is 4.98 Å². The van der Waals surface area contributed by atoms with Crippen LogP contribution in [0.15, 0.2) is 4.99 Å². The molecular formula is C17H30N6OS. The van der Waals surface area contributed by atoms with Crippen LogP contribution in [0.5, 0.6) is 0 Å². The molecule has 1 saturated heterocycles. The number of aliphatic imine (C=N–C) groups is 1. The Morgan fingerprint density at radius 3 is 2.48 bits per heavy atom. The van der Waals surface area contributed by atoms with Crippen LogP contribution in [0.1, 0.15) is 22.0 Å². The molecule has 0 spiro atoms. The number of carbonyl (C=O) groups excluding carboxylic acids is 1. The van der Waals surface area contributed by atoms with E-state index in [1.807, 2.05) is 28.1 Å². The van der Waals surface area contributed by atoms with E-state index in [-0.39, 0.29) is 5.91 Å². The van der Waals surface area contributed by atoms with Crippen molar-refractivity contribution in [1.82, 2.24) is 25.0 Å². The van der Waals surface area contributed by atoms with Crippen LogP contribution >= 0.6 is 11.3 Å². The molecule has 0 aliphatic carbocycles. The molecule has 2 heterocycles. The van der Waals surface area contributed by atoms with E-state index >= 15 is 0 Å². The number of amides is 1. The zero-order chi connectivity index (χ0) is 18.4. The highest BCUT2D eigenvalue weighted by molar-refractivity contribution is 7.11. The van der Waals surface area contributed by atoms with Crippen LogP contribution in [0.3, 0.4) is 0 Å². The average Bonchev–Trinajstić information content (AvgIpc) is 2.91. The van der Waals surface area contributed by atoms with Gasteiger partial charge in [0.25, 0.3) is 0 Å². The van der Waals surface area contributed by atoms with Crippen molar-refractivity contribution in [2.75, 3.05) is 53.9 Å². The number of hydrogen-bond acceptors (Lipinski definition) is 5. The maximum atomic E-state index is 11.7. The van der Waals surface area contributed by atoms with Gasteiger partial charge in [-0.2, -0.15) is 0 Å². The summed E-state index contributed by atoms with van der Waals surface area (Å²) in [7, 11) is 5.44. The van der Waals surface area contributed by atoms with Crippen LogP contribution in [0, 0.1) is 13.8 Å². The van der Waals surface area contributed by atoms with Gasteiger partial charge in [-0.1, -0.05) is 0 Å². The molecular weight excluding hydrogens is 336 g/mol. The average molecular weight is 367 g/mol. The number of aryl methyl sites for hydroxylation is 2. The number of guanidine groups is 1. The zero-order valence-corrected chi connectivity index (χ0v) is 16.8.